The number of nitrogens with zero attached hydrogens (tertiary/aromatic N) is 2. The van der Waals surface area contributed by atoms with E-state index in [0.29, 0.717) is 56.1 Å². The summed E-state index contributed by atoms with van der Waals surface area (Å²) in [6, 6.07) is 49.7. The van der Waals surface area contributed by atoms with E-state index in [2.05, 4.69) is 10.6 Å². The van der Waals surface area contributed by atoms with Crippen LogP contribution in [-0.4, -0.2) is 71.8 Å². The van der Waals surface area contributed by atoms with Gasteiger partial charge in [0.1, 0.15) is 29.4 Å². The molecule has 5 N–H and O–H groups in total. The van der Waals surface area contributed by atoms with E-state index in [1.54, 1.807) is 45.0 Å². The summed E-state index contributed by atoms with van der Waals surface area (Å²) in [6.45, 7) is 13.7. The lowest BCUT2D eigenvalue weighted by atomic mass is 9.94. The van der Waals surface area contributed by atoms with E-state index in [1.807, 2.05) is 158 Å². The molecule has 2 aromatic heterocycles. The Morgan fingerprint density at radius 2 is 0.855 bits per heavy atom. The van der Waals surface area contributed by atoms with Crippen molar-refractivity contribution in [3.8, 4) is 44.8 Å². The molecule has 15 heteroatoms. The summed E-state index contributed by atoms with van der Waals surface area (Å²) in [5.41, 5.74) is 8.88. The summed E-state index contributed by atoms with van der Waals surface area (Å²) >= 11 is 0. The average molecular weight is 1130 g/mol. The number of ether oxygens (including phenoxy) is 1. The zero-order valence-corrected chi connectivity index (χ0v) is 47.9. The molecule has 0 aliphatic rings. The lowest BCUT2D eigenvalue weighted by Crippen LogP contribution is -2.26. The van der Waals surface area contributed by atoms with E-state index in [9.17, 15) is 43.0 Å². The number of benzene rings is 6. The van der Waals surface area contributed by atoms with Crippen molar-refractivity contribution in [2.75, 3.05) is 10.6 Å². The third kappa shape index (κ3) is 16.5. The second-order valence-corrected chi connectivity index (χ2v) is 22.0. The van der Waals surface area contributed by atoms with Gasteiger partial charge in [-0.25, -0.2) is 8.78 Å². The first-order valence-electron chi connectivity index (χ1n) is 27.8. The maximum atomic E-state index is 14.1. The molecule has 0 saturated carbocycles. The van der Waals surface area contributed by atoms with Crippen molar-refractivity contribution in [2.24, 2.45) is 0 Å². The number of anilines is 2. The van der Waals surface area contributed by atoms with Gasteiger partial charge in [0, 0.05) is 53.4 Å². The van der Waals surface area contributed by atoms with Gasteiger partial charge in [0.2, 0.25) is 0 Å². The molecule has 13 nitrogen and oxygen atoms in total. The summed E-state index contributed by atoms with van der Waals surface area (Å²) in [4.78, 5) is 64.0. The number of aliphatic carboxylic acids is 1. The zero-order valence-electron chi connectivity index (χ0n) is 47.9. The van der Waals surface area contributed by atoms with Gasteiger partial charge in [-0.1, -0.05) is 125 Å². The topological polar surface area (TPSA) is 189 Å². The maximum absolute atomic E-state index is 14.1. The van der Waals surface area contributed by atoms with Gasteiger partial charge in [0.25, 0.3) is 11.8 Å². The SMILES string of the molecule is CC(C)c1c(C(=O)Nc2ccccc2)c(-c2ccccc2)c(-c2ccc(F)cc2)n1CC[C@@H](O)CC(=O)CC(=O)OC(C)(C)C.CC(C)c1c(C(=O)Nc2ccccc2)c(-c2ccccc2)c(-c2ccc(F)cc2)n1CC[C@@H](O)CC(=O)O. The average Bonchev–Trinajstić information content (AvgIpc) is 3.89. The van der Waals surface area contributed by atoms with Gasteiger partial charge in [-0.2, -0.15) is 0 Å². The van der Waals surface area contributed by atoms with Crippen LogP contribution in [0.1, 0.15) is 125 Å². The molecule has 2 atom stereocenters. The van der Waals surface area contributed by atoms with E-state index in [1.165, 1.54) is 24.3 Å². The first kappa shape index (κ1) is 61.8. The van der Waals surface area contributed by atoms with Gasteiger partial charge in [0.05, 0.1) is 41.1 Å². The number of Topliss-reactive ketones (excluding diaryl/α,β-unsaturated/α-hetero) is 1. The van der Waals surface area contributed by atoms with E-state index >= 15 is 0 Å². The Hall–Kier alpha value is -8.79. The quantitative estimate of drug-likeness (QED) is 0.0325. The van der Waals surface area contributed by atoms with Crippen molar-refractivity contribution in [1.29, 1.82) is 0 Å². The van der Waals surface area contributed by atoms with E-state index < -0.39 is 42.0 Å². The van der Waals surface area contributed by atoms with Crippen molar-refractivity contribution in [1.82, 2.24) is 9.13 Å². The molecule has 0 aliphatic carbocycles. The Kier molecular flexibility index (Phi) is 21.1. The molecule has 0 spiro atoms. The summed E-state index contributed by atoms with van der Waals surface area (Å²) in [5.74, 6) is -3.69. The van der Waals surface area contributed by atoms with Crippen LogP contribution in [0, 0.1) is 11.6 Å². The first-order valence-corrected chi connectivity index (χ1v) is 27.8. The highest BCUT2D eigenvalue weighted by Gasteiger charge is 2.33. The number of aliphatic hydroxyl groups excluding tert-OH is 2. The Labute approximate surface area is 483 Å². The van der Waals surface area contributed by atoms with E-state index in [-0.39, 0.29) is 74.1 Å². The molecule has 83 heavy (non-hydrogen) atoms. The van der Waals surface area contributed by atoms with Gasteiger partial charge in [-0.15, -0.1) is 0 Å². The number of ketones is 1. The molecule has 6 aromatic carbocycles. The van der Waals surface area contributed by atoms with Crippen LogP contribution in [0.4, 0.5) is 20.2 Å². The lowest BCUT2D eigenvalue weighted by molar-refractivity contribution is -0.156. The van der Waals surface area contributed by atoms with Crippen LogP contribution in [0.5, 0.6) is 0 Å². The lowest BCUT2D eigenvalue weighted by Gasteiger charge is -2.20. The number of carbonyl (C=O) groups is 5. The van der Waals surface area contributed by atoms with Crippen LogP contribution in [-0.2, 0) is 32.2 Å². The fourth-order valence-corrected chi connectivity index (χ4v) is 10.3. The Bertz CT molecular complexity index is 3480. The van der Waals surface area contributed by atoms with E-state index in [0.717, 1.165) is 22.5 Å². The molecule has 432 valence electrons. The molecule has 0 unspecified atom stereocenters. The predicted molar refractivity (Wildman–Crippen MR) is 321 cm³/mol. The molecule has 0 radical (unpaired) electrons. The van der Waals surface area contributed by atoms with Crippen molar-refractivity contribution in [3.05, 3.63) is 204 Å². The number of halogens is 2. The molecule has 0 saturated heterocycles. The molecule has 2 amide bonds. The molecule has 0 bridgehead atoms. The molecule has 0 fully saturated rings. The molecule has 2 heterocycles. The number of rotatable bonds is 22. The highest BCUT2D eigenvalue weighted by molar-refractivity contribution is 6.13. The number of hydrogen-bond acceptors (Lipinski definition) is 8. The molecular weight excluding hydrogens is 1050 g/mol. The highest BCUT2D eigenvalue weighted by atomic mass is 19.1. The van der Waals surface area contributed by atoms with Crippen molar-refractivity contribution in [3.63, 3.8) is 0 Å². The van der Waals surface area contributed by atoms with Crippen LogP contribution >= 0.6 is 0 Å². The number of carboxylic acid groups (broad SMARTS) is 1. The number of aliphatic hydroxyl groups is 2. The Balaban J connectivity index is 0.000000242. The van der Waals surface area contributed by atoms with Crippen molar-refractivity contribution in [2.45, 2.75) is 123 Å². The molecule has 8 aromatic rings. The number of carbonyl (C=O) groups excluding carboxylic acids is 4. The van der Waals surface area contributed by atoms with Gasteiger partial charge in [0.15, 0.2) is 0 Å². The van der Waals surface area contributed by atoms with Gasteiger partial charge in [-0.05, 0) is 140 Å². The van der Waals surface area contributed by atoms with E-state index in [4.69, 9.17) is 9.84 Å². The van der Waals surface area contributed by atoms with Crippen LogP contribution in [0.15, 0.2) is 170 Å². The minimum atomic E-state index is -1.08. The number of para-hydroxylation sites is 2. The fraction of sp³-hybridized carbons (Fsp3) is 0.279. The molecule has 0 aliphatic heterocycles. The third-order valence-corrected chi connectivity index (χ3v) is 13.6. The zero-order chi connectivity index (χ0) is 60.0. The highest BCUT2D eigenvalue weighted by Crippen LogP contribution is 2.45. The minimum Gasteiger partial charge on any atom is -0.481 e. The Morgan fingerprint density at radius 3 is 1.19 bits per heavy atom. The van der Waals surface area contributed by atoms with Gasteiger partial charge >= 0.3 is 11.9 Å². The number of carboxylic acids is 1. The second-order valence-electron chi connectivity index (χ2n) is 22.0. The molecule has 8 rings (SSSR count). The van der Waals surface area contributed by atoms with Crippen LogP contribution < -0.4 is 10.6 Å². The number of aromatic nitrogens is 2. The first-order chi connectivity index (χ1) is 39.6. The van der Waals surface area contributed by atoms with Crippen molar-refractivity contribution < 1.29 is 52.8 Å². The van der Waals surface area contributed by atoms with Gasteiger partial charge in [-0.3, -0.25) is 24.0 Å². The second kappa shape index (κ2) is 28.3. The van der Waals surface area contributed by atoms with Crippen LogP contribution in [0.2, 0.25) is 0 Å². The number of esters is 1. The monoisotopic (exact) mass is 1130 g/mol. The smallest absolute Gasteiger partial charge is 0.313 e. The van der Waals surface area contributed by atoms with Crippen LogP contribution in [0.25, 0.3) is 44.8 Å². The summed E-state index contributed by atoms with van der Waals surface area (Å²) in [6.07, 6.45) is -2.76. The minimum absolute atomic E-state index is 0.0974. The standard InChI is InChI=1S/C37H41FN2O5.C31H31FN2O4/c1-24(2)34-33(36(44)39-28-14-10-7-11-15-28)32(25-12-8-6-9-13-25)35(26-16-18-27(38)19-17-26)40(34)21-20-29(41)22-30(42)23-31(43)45-37(3,4)5;1-20(2)29-28(31(38)33-24-11-7-4-8-12-24)27(21-9-5-3-6-10-21)30(22-13-15-23(32)16-14-22)34(29)18-17-25(35)19-26(36)37/h6-19,24,29,41H,20-23H2,1-5H3,(H,39,44);3-16,20,25,35H,17-19H2,1-2H3,(H,33,38)(H,36,37)/t29-;25-/m11/s1. The summed E-state index contributed by atoms with van der Waals surface area (Å²) < 4.78 is 37.2. The summed E-state index contributed by atoms with van der Waals surface area (Å²) in [5, 5.41) is 36.5. The molecular formula is C68H72F2N4O9. The normalized spacial score (nSPS) is 12.1. The third-order valence-electron chi connectivity index (χ3n) is 13.6. The van der Waals surface area contributed by atoms with Gasteiger partial charge < -0.3 is 39.8 Å². The van der Waals surface area contributed by atoms with Crippen LogP contribution in [0.3, 0.4) is 0 Å². The predicted octanol–water partition coefficient (Wildman–Crippen LogP) is 14.3. The summed E-state index contributed by atoms with van der Waals surface area (Å²) in [7, 11) is 0. The largest absolute Gasteiger partial charge is 0.481 e. The maximum Gasteiger partial charge on any atom is 0.313 e. The Morgan fingerprint density at radius 1 is 0.506 bits per heavy atom. The van der Waals surface area contributed by atoms with Crippen molar-refractivity contribution >= 4 is 40.9 Å². The fourth-order valence-electron chi connectivity index (χ4n) is 10.3. The number of nitrogens with one attached hydrogen (secondary N) is 2. The number of amides is 2. The number of hydrogen-bond donors (Lipinski definition) is 5.